The van der Waals surface area contributed by atoms with Crippen molar-refractivity contribution in [2.45, 2.75) is 77.4 Å². The van der Waals surface area contributed by atoms with E-state index in [0.29, 0.717) is 12.7 Å². The fourth-order valence-corrected chi connectivity index (χ4v) is 4.50. The Labute approximate surface area is 325 Å². The molecule has 0 saturated carbocycles. The molecule has 1 N–H and O–H groups in total. The van der Waals surface area contributed by atoms with Crippen LogP contribution < -0.4 is 58.0 Å². The zero-order valence-electron chi connectivity index (χ0n) is 25.5. The summed E-state index contributed by atoms with van der Waals surface area (Å²) in [6.45, 7) is 7.81. The largest absolute Gasteiger partial charge is 1.00 e. The molecule has 0 amide bonds. The van der Waals surface area contributed by atoms with Gasteiger partial charge < -0.3 is 35.0 Å². The van der Waals surface area contributed by atoms with Crippen molar-refractivity contribution in [3.05, 3.63) is 30.4 Å². The van der Waals surface area contributed by atoms with Gasteiger partial charge in [0.2, 0.25) is 0 Å². The number of Topliss-reactive ketones (excluding diaryl/α,β-unsaturated/α-hetero) is 1. The Morgan fingerprint density at radius 1 is 0.652 bits per heavy atom. The number of hydrogen-bond acceptors (Lipinski definition) is 12. The average Bonchev–Trinajstić information content (AvgIpc) is 2.82. The number of ether oxygens (including phenoxy) is 6. The van der Waals surface area contributed by atoms with E-state index in [9.17, 15) is 29.1 Å². The molecule has 0 aliphatic carbocycles. The standard InChI is InChI=1S/C13H15IO6.C13H13IO6.4CH4.B.Na.H/c2*1-6(15)11-9(18-4)5-10(19-7(2)16)12(14)13(11)20-8(3)17;;;;;;;/h5-6,15H,1-4H3;5H,1-4H3;4*1H4;;;/q;;;;;;;+1;-1. The van der Waals surface area contributed by atoms with Crippen molar-refractivity contribution in [1.29, 1.82) is 0 Å². The van der Waals surface area contributed by atoms with Gasteiger partial charge in [0.05, 0.1) is 33.0 Å². The molecule has 3 radical (unpaired) electrons. The minimum atomic E-state index is -0.917. The van der Waals surface area contributed by atoms with E-state index in [1.54, 1.807) is 0 Å². The quantitative estimate of drug-likeness (QED) is 0.134. The molecule has 0 fully saturated rings. The zero-order chi connectivity index (χ0) is 30.9. The molecule has 0 heterocycles. The first-order valence-electron chi connectivity index (χ1n) is 11.3. The van der Waals surface area contributed by atoms with Gasteiger partial charge in [0.15, 0.2) is 28.8 Å². The Kier molecular flexibility index (Phi) is 32.0. The average molecular weight is 885 g/mol. The smallest absolute Gasteiger partial charge is 1.00 e. The molecule has 0 aromatic heterocycles. The Morgan fingerprint density at radius 2 is 0.978 bits per heavy atom. The summed E-state index contributed by atoms with van der Waals surface area (Å²) in [5.41, 5.74) is 0.450. The number of esters is 4. The van der Waals surface area contributed by atoms with Crippen LogP contribution >= 0.6 is 45.2 Å². The van der Waals surface area contributed by atoms with Crippen LogP contribution in [-0.2, 0) is 19.2 Å². The Morgan fingerprint density at radius 3 is 1.28 bits per heavy atom. The van der Waals surface area contributed by atoms with Crippen LogP contribution in [0.4, 0.5) is 0 Å². The number of aliphatic hydroxyl groups is 1. The normalized spacial score (nSPS) is 9.37. The number of rotatable bonds is 8. The SMILES string of the molecule is C.C.C.C.COc1cc(OC(C)=O)c(I)c(OC(C)=O)c1C(C)=O.COc1cc(OC(C)=O)c(I)c(OC(C)=O)c1C(C)O.[B].[H-].[Na+]. The number of carbonyl (C=O) groups is 5. The second-order valence-electron chi connectivity index (χ2n) is 7.84. The van der Waals surface area contributed by atoms with Crippen LogP contribution in [0.15, 0.2) is 12.1 Å². The van der Waals surface area contributed by atoms with E-state index >= 15 is 0 Å². The zero-order valence-corrected chi connectivity index (χ0v) is 30.8. The molecule has 0 bridgehead atoms. The fraction of sp³-hybridized carbons (Fsp3) is 0.433. The molecule has 0 saturated heterocycles. The van der Waals surface area contributed by atoms with Crippen molar-refractivity contribution in [1.82, 2.24) is 0 Å². The van der Waals surface area contributed by atoms with Gasteiger partial charge in [0.1, 0.15) is 17.1 Å². The third-order valence-electron chi connectivity index (χ3n) is 4.55. The molecule has 0 aliphatic heterocycles. The van der Waals surface area contributed by atoms with Gasteiger partial charge in [-0.25, -0.2) is 0 Å². The second kappa shape index (κ2) is 26.1. The monoisotopic (exact) mass is 885 g/mol. The van der Waals surface area contributed by atoms with Gasteiger partial charge in [0.25, 0.3) is 0 Å². The topological polar surface area (TPSA) is 161 Å². The number of aliphatic hydroxyl groups excluding tert-OH is 1. The summed E-state index contributed by atoms with van der Waals surface area (Å²) in [6.07, 6.45) is -0.917. The van der Waals surface area contributed by atoms with E-state index in [0.717, 1.165) is 0 Å². The van der Waals surface area contributed by atoms with Crippen LogP contribution in [0.3, 0.4) is 0 Å². The summed E-state index contributed by atoms with van der Waals surface area (Å²) in [5.74, 6) is -1.54. The van der Waals surface area contributed by atoms with Crippen LogP contribution in [-0.4, -0.2) is 57.4 Å². The van der Waals surface area contributed by atoms with E-state index in [4.69, 9.17) is 28.4 Å². The summed E-state index contributed by atoms with van der Waals surface area (Å²) < 4.78 is 31.3. The molecule has 12 nitrogen and oxygen atoms in total. The van der Waals surface area contributed by atoms with Crippen LogP contribution in [0.5, 0.6) is 34.5 Å². The third kappa shape index (κ3) is 16.3. The summed E-state index contributed by atoms with van der Waals surface area (Å²) in [4.78, 5) is 56.3. The Balaban J connectivity index is -0.000000119. The van der Waals surface area contributed by atoms with Gasteiger partial charge in [-0.1, -0.05) is 29.7 Å². The van der Waals surface area contributed by atoms with Crippen molar-refractivity contribution >= 4 is 83.3 Å². The van der Waals surface area contributed by atoms with Crippen LogP contribution in [0.2, 0.25) is 0 Å². The molecule has 2 aromatic rings. The molecule has 2 rings (SSSR count). The summed E-state index contributed by atoms with van der Waals surface area (Å²) in [5, 5.41) is 9.84. The molecular weight excluding hydrogens is 840 g/mol. The number of ketones is 1. The van der Waals surface area contributed by atoms with Gasteiger partial charge in [-0.2, -0.15) is 0 Å². The van der Waals surface area contributed by atoms with E-state index < -0.39 is 30.0 Å². The molecule has 1 unspecified atom stereocenters. The third-order valence-corrected chi connectivity index (χ3v) is 6.59. The van der Waals surface area contributed by atoms with E-state index in [2.05, 4.69) is 0 Å². The number of methoxy groups -OCH3 is 2. The van der Waals surface area contributed by atoms with Gasteiger partial charge in [-0.15, -0.1) is 0 Å². The number of hydrogen-bond donors (Lipinski definition) is 1. The van der Waals surface area contributed by atoms with Crippen LogP contribution in [0, 0.1) is 7.14 Å². The van der Waals surface area contributed by atoms with Crippen LogP contribution in [0.1, 0.15) is 94.7 Å². The number of benzene rings is 2. The second-order valence-corrected chi connectivity index (χ2v) is 9.99. The fourth-order valence-electron chi connectivity index (χ4n) is 3.19. The number of carbonyl (C=O) groups excluding carboxylic acids is 5. The van der Waals surface area contributed by atoms with Gasteiger partial charge >= 0.3 is 53.4 Å². The maximum absolute atomic E-state index is 11.7. The molecular formula is C30H45BI2NaO12. The molecule has 1 atom stereocenters. The van der Waals surface area contributed by atoms with Crippen molar-refractivity contribution in [3.8, 4) is 34.5 Å². The van der Waals surface area contributed by atoms with Crippen molar-refractivity contribution in [2.24, 2.45) is 0 Å². The van der Waals surface area contributed by atoms with Crippen LogP contribution in [0.25, 0.3) is 0 Å². The Hall–Kier alpha value is -1.93. The van der Waals surface area contributed by atoms with E-state index in [1.807, 2.05) is 45.2 Å². The molecule has 2 aromatic carbocycles. The van der Waals surface area contributed by atoms with E-state index in [-0.39, 0.29) is 115 Å². The summed E-state index contributed by atoms with van der Waals surface area (Å²) in [7, 11) is 2.77. The van der Waals surface area contributed by atoms with Gasteiger partial charge in [-0.05, 0) is 59.0 Å². The predicted molar refractivity (Wildman–Crippen MR) is 191 cm³/mol. The minimum absolute atomic E-state index is 0. The molecule has 255 valence electrons. The molecule has 0 spiro atoms. The summed E-state index contributed by atoms with van der Waals surface area (Å²) >= 11 is 3.72. The first kappa shape index (κ1) is 56.4. The van der Waals surface area contributed by atoms with Crippen molar-refractivity contribution in [2.75, 3.05) is 14.2 Å². The molecule has 16 heteroatoms. The summed E-state index contributed by atoms with van der Waals surface area (Å²) in [6, 6.07) is 2.88. The predicted octanol–water partition coefficient (Wildman–Crippen LogP) is 3.84. The van der Waals surface area contributed by atoms with Gasteiger partial charge in [-0.3, -0.25) is 24.0 Å². The van der Waals surface area contributed by atoms with Crippen molar-refractivity contribution in [3.63, 3.8) is 0 Å². The maximum atomic E-state index is 11.7. The van der Waals surface area contributed by atoms with Gasteiger partial charge in [0, 0.05) is 48.2 Å². The first-order chi connectivity index (χ1) is 18.5. The minimum Gasteiger partial charge on any atom is -1.00 e. The maximum Gasteiger partial charge on any atom is 1.00 e. The van der Waals surface area contributed by atoms with E-state index in [1.165, 1.54) is 67.9 Å². The van der Waals surface area contributed by atoms with Crippen molar-refractivity contribution < 1.29 is 88.5 Å². The number of halogens is 2. The Bertz CT molecular complexity index is 1340. The first-order valence-corrected chi connectivity index (χ1v) is 13.4. The molecule has 46 heavy (non-hydrogen) atoms. The molecule has 0 aliphatic rings.